The Balaban J connectivity index is 1.63. The van der Waals surface area contributed by atoms with Crippen molar-refractivity contribution in [2.45, 2.75) is 33.1 Å². The largest absolute Gasteiger partial charge is 0.351 e. The molecule has 0 saturated carbocycles. The summed E-state index contributed by atoms with van der Waals surface area (Å²) in [6, 6.07) is 15.4. The van der Waals surface area contributed by atoms with Crippen LogP contribution in [0, 0.1) is 6.92 Å². The molecule has 0 bridgehead atoms. The highest BCUT2D eigenvalue weighted by atomic mass is 79.9. The number of amides is 2. The van der Waals surface area contributed by atoms with Crippen molar-refractivity contribution in [1.29, 1.82) is 0 Å². The summed E-state index contributed by atoms with van der Waals surface area (Å²) in [4.78, 5) is 24.9. The van der Waals surface area contributed by atoms with Crippen LogP contribution in [0.4, 0.5) is 5.69 Å². The zero-order chi connectivity index (χ0) is 21.7. The third-order valence-corrected chi connectivity index (χ3v) is 5.17. The van der Waals surface area contributed by atoms with Crippen LogP contribution in [0.3, 0.4) is 0 Å². The molecule has 2 aromatic carbocycles. The molecule has 2 amide bonds. The number of benzene rings is 2. The fraction of sp³-hybridized carbons (Fsp3) is 0.261. The normalized spacial score (nSPS) is 10.8. The van der Waals surface area contributed by atoms with Gasteiger partial charge in [0.1, 0.15) is 0 Å². The molecule has 1 heterocycles. The van der Waals surface area contributed by atoms with Crippen molar-refractivity contribution in [3.63, 3.8) is 0 Å². The van der Waals surface area contributed by atoms with E-state index in [4.69, 9.17) is 0 Å². The fourth-order valence-corrected chi connectivity index (χ4v) is 3.39. The molecule has 3 rings (SSSR count). The molecular weight excluding hydrogens is 444 g/mol. The predicted octanol–water partition coefficient (Wildman–Crippen LogP) is 4.83. The first kappa shape index (κ1) is 21.8. The van der Waals surface area contributed by atoms with E-state index >= 15 is 0 Å². The Hall–Kier alpha value is -2.93. The van der Waals surface area contributed by atoms with Crippen molar-refractivity contribution in [1.82, 2.24) is 15.1 Å². The van der Waals surface area contributed by atoms with Gasteiger partial charge in [-0.3, -0.25) is 9.59 Å². The second-order valence-corrected chi connectivity index (χ2v) is 8.32. The summed E-state index contributed by atoms with van der Waals surface area (Å²) in [5, 5.41) is 10.1. The van der Waals surface area contributed by atoms with E-state index in [0.717, 1.165) is 27.1 Å². The zero-order valence-electron chi connectivity index (χ0n) is 17.3. The number of nitrogens with one attached hydrogen (secondary N) is 2. The second-order valence-electron chi connectivity index (χ2n) is 7.41. The molecule has 0 aliphatic rings. The quantitative estimate of drug-likeness (QED) is 0.521. The molecule has 0 aliphatic heterocycles. The summed E-state index contributed by atoms with van der Waals surface area (Å²) in [5.74, 6) is -0.277. The SMILES string of the molecule is Cc1ccc(-n2ncc(C(=O)NCCC(=O)Nc3ccc(Br)cc3)c2C(C)C)cc1. The topological polar surface area (TPSA) is 76.0 Å². The van der Waals surface area contributed by atoms with Gasteiger partial charge in [-0.2, -0.15) is 5.10 Å². The predicted molar refractivity (Wildman–Crippen MR) is 122 cm³/mol. The van der Waals surface area contributed by atoms with Gasteiger partial charge in [0.25, 0.3) is 5.91 Å². The third-order valence-electron chi connectivity index (χ3n) is 4.64. The van der Waals surface area contributed by atoms with E-state index in [1.165, 1.54) is 0 Å². The van der Waals surface area contributed by atoms with Gasteiger partial charge in [0.15, 0.2) is 0 Å². The van der Waals surface area contributed by atoms with E-state index in [1.54, 1.807) is 10.9 Å². The maximum absolute atomic E-state index is 12.7. The van der Waals surface area contributed by atoms with E-state index in [0.29, 0.717) is 5.56 Å². The first-order valence-electron chi connectivity index (χ1n) is 9.83. The van der Waals surface area contributed by atoms with Gasteiger partial charge in [-0.05, 0) is 49.2 Å². The average Bonchev–Trinajstić information content (AvgIpc) is 3.16. The number of carbonyl (C=O) groups is 2. The monoisotopic (exact) mass is 468 g/mol. The molecule has 0 atom stereocenters. The van der Waals surface area contributed by atoms with E-state index in [9.17, 15) is 9.59 Å². The second kappa shape index (κ2) is 9.71. The smallest absolute Gasteiger partial charge is 0.254 e. The molecule has 30 heavy (non-hydrogen) atoms. The Kier molecular flexibility index (Phi) is 7.05. The van der Waals surface area contributed by atoms with E-state index in [-0.39, 0.29) is 30.7 Å². The van der Waals surface area contributed by atoms with Gasteiger partial charge in [0.05, 0.1) is 23.1 Å². The highest BCUT2D eigenvalue weighted by Crippen LogP contribution is 2.23. The lowest BCUT2D eigenvalue weighted by molar-refractivity contribution is -0.116. The number of anilines is 1. The van der Waals surface area contributed by atoms with E-state index < -0.39 is 0 Å². The van der Waals surface area contributed by atoms with Gasteiger partial charge in [-0.1, -0.05) is 47.5 Å². The van der Waals surface area contributed by atoms with Crippen LogP contribution in [0.1, 0.15) is 47.8 Å². The van der Waals surface area contributed by atoms with Gasteiger partial charge < -0.3 is 10.6 Å². The van der Waals surface area contributed by atoms with Crippen LogP contribution >= 0.6 is 15.9 Å². The van der Waals surface area contributed by atoms with Crippen LogP contribution in [-0.4, -0.2) is 28.1 Å². The Bertz CT molecular complexity index is 1020. The molecule has 7 heteroatoms. The molecule has 0 spiro atoms. The van der Waals surface area contributed by atoms with Gasteiger partial charge in [0.2, 0.25) is 5.91 Å². The van der Waals surface area contributed by atoms with Crippen molar-refractivity contribution in [3.05, 3.63) is 76.0 Å². The molecular formula is C23H25BrN4O2. The number of aromatic nitrogens is 2. The molecule has 0 radical (unpaired) electrons. The molecule has 156 valence electrons. The average molecular weight is 469 g/mol. The van der Waals surface area contributed by atoms with Crippen molar-refractivity contribution < 1.29 is 9.59 Å². The van der Waals surface area contributed by atoms with Crippen molar-refractivity contribution in [3.8, 4) is 5.69 Å². The molecule has 0 saturated heterocycles. The number of nitrogens with zero attached hydrogens (tertiary/aromatic N) is 2. The number of carbonyl (C=O) groups excluding carboxylic acids is 2. The van der Waals surface area contributed by atoms with Crippen LogP contribution in [0.5, 0.6) is 0 Å². The maximum atomic E-state index is 12.7. The number of aryl methyl sites for hydroxylation is 1. The van der Waals surface area contributed by atoms with E-state index in [2.05, 4.69) is 31.7 Å². The summed E-state index contributed by atoms with van der Waals surface area (Å²) in [6.07, 6.45) is 1.78. The Morgan fingerprint density at radius 2 is 1.73 bits per heavy atom. The molecule has 2 N–H and O–H groups in total. The maximum Gasteiger partial charge on any atom is 0.254 e. The lowest BCUT2D eigenvalue weighted by Crippen LogP contribution is -2.28. The fourth-order valence-electron chi connectivity index (χ4n) is 3.12. The third kappa shape index (κ3) is 5.36. The summed E-state index contributed by atoms with van der Waals surface area (Å²) in [7, 11) is 0. The summed E-state index contributed by atoms with van der Waals surface area (Å²) in [5.41, 5.74) is 4.17. The van der Waals surface area contributed by atoms with Crippen LogP contribution in [0.2, 0.25) is 0 Å². The van der Waals surface area contributed by atoms with Crippen LogP contribution in [0.25, 0.3) is 5.69 Å². The number of halogens is 1. The molecule has 0 aliphatic carbocycles. The van der Waals surface area contributed by atoms with Crippen molar-refractivity contribution >= 4 is 33.4 Å². The highest BCUT2D eigenvalue weighted by molar-refractivity contribution is 9.10. The number of rotatable bonds is 7. The minimum absolute atomic E-state index is 0.107. The summed E-state index contributed by atoms with van der Waals surface area (Å²) in [6.45, 7) is 6.34. The van der Waals surface area contributed by atoms with Crippen molar-refractivity contribution in [2.24, 2.45) is 0 Å². The van der Waals surface area contributed by atoms with Gasteiger partial charge in [-0.15, -0.1) is 0 Å². The Morgan fingerprint density at radius 3 is 2.37 bits per heavy atom. The summed E-state index contributed by atoms with van der Waals surface area (Å²) < 4.78 is 2.75. The summed E-state index contributed by atoms with van der Waals surface area (Å²) >= 11 is 3.36. The minimum atomic E-state index is -0.228. The first-order chi connectivity index (χ1) is 14.3. The highest BCUT2D eigenvalue weighted by Gasteiger charge is 2.20. The van der Waals surface area contributed by atoms with E-state index in [1.807, 2.05) is 69.3 Å². The van der Waals surface area contributed by atoms with Crippen LogP contribution < -0.4 is 10.6 Å². The zero-order valence-corrected chi connectivity index (χ0v) is 18.9. The minimum Gasteiger partial charge on any atom is -0.351 e. The molecule has 0 fully saturated rings. The molecule has 1 aromatic heterocycles. The molecule has 0 unspecified atom stereocenters. The van der Waals surface area contributed by atoms with Crippen molar-refractivity contribution in [2.75, 3.05) is 11.9 Å². The first-order valence-corrected chi connectivity index (χ1v) is 10.6. The van der Waals surface area contributed by atoms with Gasteiger partial charge in [0, 0.05) is 23.1 Å². The standard InChI is InChI=1S/C23H25BrN4O2/c1-15(2)22-20(14-26-28(22)19-10-4-16(3)5-11-19)23(30)25-13-12-21(29)27-18-8-6-17(24)7-9-18/h4-11,14-15H,12-13H2,1-3H3,(H,25,30)(H,27,29). The Morgan fingerprint density at radius 1 is 1.07 bits per heavy atom. The Labute approximate surface area is 184 Å². The number of hydrogen-bond donors (Lipinski definition) is 2. The van der Waals surface area contributed by atoms with Gasteiger partial charge >= 0.3 is 0 Å². The number of hydrogen-bond acceptors (Lipinski definition) is 3. The molecule has 6 nitrogen and oxygen atoms in total. The van der Waals surface area contributed by atoms with Gasteiger partial charge in [-0.25, -0.2) is 4.68 Å². The lowest BCUT2D eigenvalue weighted by atomic mass is 10.0. The molecule has 3 aromatic rings. The van der Waals surface area contributed by atoms with Crippen LogP contribution in [-0.2, 0) is 4.79 Å². The lowest BCUT2D eigenvalue weighted by Gasteiger charge is -2.13. The van der Waals surface area contributed by atoms with Crippen LogP contribution in [0.15, 0.2) is 59.2 Å².